The lowest BCUT2D eigenvalue weighted by Gasteiger charge is -2.17. The molecule has 1 aliphatic carbocycles. The number of nitrogens with one attached hydrogen (secondary N) is 1. The minimum absolute atomic E-state index is 0.0944. The van der Waals surface area contributed by atoms with Gasteiger partial charge in [0.05, 0.1) is 11.4 Å². The number of hydrogen-bond acceptors (Lipinski definition) is 1. The minimum Gasteiger partial charge on any atom is -0.344 e. The lowest BCUT2D eigenvalue weighted by Crippen LogP contribution is -2.31. The van der Waals surface area contributed by atoms with Crippen molar-refractivity contribution in [3.05, 3.63) is 69.2 Å². The Morgan fingerprint density at radius 3 is 2.81 bits per heavy atom. The number of carbonyl (C=O) groups excluding carboxylic acids is 1. The van der Waals surface area contributed by atoms with Gasteiger partial charge in [-0.15, -0.1) is 11.6 Å². The van der Waals surface area contributed by atoms with Crippen LogP contribution < -0.4 is 5.32 Å². The van der Waals surface area contributed by atoms with Crippen LogP contribution in [-0.2, 0) is 6.42 Å². The average molecular weight is 365 g/mol. The maximum atomic E-state index is 12.4. The van der Waals surface area contributed by atoms with Crippen LogP contribution in [0.2, 0.25) is 0 Å². The van der Waals surface area contributed by atoms with Crippen LogP contribution in [0, 0.1) is 6.92 Å². The van der Waals surface area contributed by atoms with Gasteiger partial charge in [-0.2, -0.15) is 0 Å². The zero-order chi connectivity index (χ0) is 15.0. The minimum atomic E-state index is -0.129. The predicted octanol–water partition coefficient (Wildman–Crippen LogP) is 4.39. The van der Waals surface area contributed by atoms with E-state index in [1.54, 1.807) is 0 Å². The topological polar surface area (TPSA) is 29.1 Å². The maximum absolute atomic E-state index is 12.4. The van der Waals surface area contributed by atoms with Crippen LogP contribution in [0.4, 0.5) is 0 Å². The van der Waals surface area contributed by atoms with Crippen molar-refractivity contribution in [3.8, 4) is 0 Å². The number of halogens is 2. The molecule has 0 saturated heterocycles. The fraction of sp³-hybridized carbons (Fsp3) is 0.235. The highest BCUT2D eigenvalue weighted by molar-refractivity contribution is 9.10. The van der Waals surface area contributed by atoms with E-state index in [0.717, 1.165) is 22.0 Å². The summed E-state index contributed by atoms with van der Waals surface area (Å²) in [5.41, 5.74) is 4.08. The fourth-order valence-electron chi connectivity index (χ4n) is 2.67. The van der Waals surface area contributed by atoms with E-state index in [1.807, 2.05) is 43.3 Å². The Labute approximate surface area is 137 Å². The summed E-state index contributed by atoms with van der Waals surface area (Å²) < 4.78 is 0.935. The van der Waals surface area contributed by atoms with E-state index in [9.17, 15) is 4.79 Å². The van der Waals surface area contributed by atoms with Crippen LogP contribution in [0.15, 0.2) is 46.9 Å². The molecule has 0 heterocycles. The second-order valence-electron chi connectivity index (χ2n) is 5.33. The van der Waals surface area contributed by atoms with E-state index < -0.39 is 0 Å². The number of benzene rings is 2. The molecule has 0 fully saturated rings. The van der Waals surface area contributed by atoms with Crippen molar-refractivity contribution in [2.24, 2.45) is 0 Å². The molecule has 0 saturated carbocycles. The number of alkyl halides is 1. The summed E-state index contributed by atoms with van der Waals surface area (Å²) in [7, 11) is 0. The summed E-state index contributed by atoms with van der Waals surface area (Å²) >= 11 is 9.87. The molecule has 1 N–H and O–H groups in total. The quantitative estimate of drug-likeness (QED) is 0.787. The van der Waals surface area contributed by atoms with Gasteiger partial charge in [0.15, 0.2) is 0 Å². The zero-order valence-corrected chi connectivity index (χ0v) is 13.9. The highest BCUT2D eigenvalue weighted by Crippen LogP contribution is 2.34. The van der Waals surface area contributed by atoms with E-state index in [4.69, 9.17) is 11.6 Å². The summed E-state index contributed by atoms with van der Waals surface area (Å²) in [6.07, 6.45) is 0.792. The molecule has 4 heteroatoms. The molecule has 2 atom stereocenters. The van der Waals surface area contributed by atoms with E-state index in [2.05, 4.69) is 27.3 Å². The second-order valence-corrected chi connectivity index (χ2v) is 6.75. The molecule has 1 aliphatic rings. The highest BCUT2D eigenvalue weighted by atomic mass is 79.9. The largest absolute Gasteiger partial charge is 0.344 e. The van der Waals surface area contributed by atoms with Crippen molar-refractivity contribution in [1.82, 2.24) is 5.32 Å². The molecule has 3 rings (SSSR count). The molecule has 108 valence electrons. The second kappa shape index (κ2) is 5.82. The molecule has 2 aromatic carbocycles. The number of hydrogen-bond donors (Lipinski definition) is 1. The summed E-state index contributed by atoms with van der Waals surface area (Å²) in [4.78, 5) is 12.4. The van der Waals surface area contributed by atoms with Crippen molar-refractivity contribution in [2.45, 2.75) is 24.8 Å². The standard InChI is InChI=1S/C17H15BrClNO/c1-10-6-7-12(8-14(10)18)17(21)20-16-13-5-3-2-4-11(13)9-15(16)19/h2-8,15-16H,9H2,1H3,(H,20,21). The molecular formula is C17H15BrClNO. The van der Waals surface area contributed by atoms with Crippen LogP contribution in [0.5, 0.6) is 0 Å². The molecule has 0 aromatic heterocycles. The van der Waals surface area contributed by atoms with Gasteiger partial charge in [-0.25, -0.2) is 0 Å². The van der Waals surface area contributed by atoms with Crippen molar-refractivity contribution in [2.75, 3.05) is 0 Å². The van der Waals surface area contributed by atoms with Gasteiger partial charge < -0.3 is 5.32 Å². The molecule has 0 bridgehead atoms. The van der Waals surface area contributed by atoms with E-state index >= 15 is 0 Å². The monoisotopic (exact) mass is 363 g/mol. The van der Waals surface area contributed by atoms with Gasteiger partial charge in [-0.1, -0.05) is 46.3 Å². The zero-order valence-electron chi connectivity index (χ0n) is 11.6. The lowest BCUT2D eigenvalue weighted by atomic mass is 10.1. The third-order valence-corrected chi connectivity index (χ3v) is 5.15. The Bertz CT molecular complexity index is 701. The van der Waals surface area contributed by atoms with Gasteiger partial charge in [-0.3, -0.25) is 4.79 Å². The SMILES string of the molecule is Cc1ccc(C(=O)NC2c3ccccc3CC2Cl)cc1Br. The van der Waals surface area contributed by atoms with Crippen LogP contribution in [0.25, 0.3) is 0 Å². The van der Waals surface area contributed by atoms with Crippen molar-refractivity contribution in [3.63, 3.8) is 0 Å². The van der Waals surface area contributed by atoms with Crippen molar-refractivity contribution >= 4 is 33.4 Å². The Balaban J connectivity index is 1.83. The smallest absolute Gasteiger partial charge is 0.251 e. The fourth-order valence-corrected chi connectivity index (χ4v) is 3.42. The van der Waals surface area contributed by atoms with Crippen LogP contribution in [-0.4, -0.2) is 11.3 Å². The first-order chi connectivity index (χ1) is 10.1. The average Bonchev–Trinajstić information content (AvgIpc) is 2.78. The van der Waals surface area contributed by atoms with Gasteiger partial charge in [0.2, 0.25) is 0 Å². The van der Waals surface area contributed by atoms with Crippen molar-refractivity contribution < 1.29 is 4.79 Å². The third kappa shape index (κ3) is 2.85. The molecule has 2 unspecified atom stereocenters. The molecule has 1 amide bonds. The maximum Gasteiger partial charge on any atom is 0.251 e. The molecule has 0 radical (unpaired) electrons. The number of rotatable bonds is 2. The number of amides is 1. The van der Waals surface area contributed by atoms with Crippen LogP contribution in [0.3, 0.4) is 0 Å². The van der Waals surface area contributed by atoms with Crippen LogP contribution >= 0.6 is 27.5 Å². The van der Waals surface area contributed by atoms with Gasteiger partial charge in [-0.05, 0) is 42.2 Å². The Morgan fingerprint density at radius 1 is 1.29 bits per heavy atom. The van der Waals surface area contributed by atoms with Gasteiger partial charge in [0.1, 0.15) is 0 Å². The molecule has 21 heavy (non-hydrogen) atoms. The van der Waals surface area contributed by atoms with E-state index in [1.165, 1.54) is 5.56 Å². The van der Waals surface area contributed by atoms with Gasteiger partial charge in [0, 0.05) is 10.0 Å². The summed E-state index contributed by atoms with van der Waals surface area (Å²) in [5, 5.41) is 2.96. The molecule has 0 spiro atoms. The predicted molar refractivity (Wildman–Crippen MR) is 88.9 cm³/mol. The van der Waals surface area contributed by atoms with Crippen molar-refractivity contribution in [1.29, 1.82) is 0 Å². The Morgan fingerprint density at radius 2 is 2.05 bits per heavy atom. The third-order valence-electron chi connectivity index (χ3n) is 3.89. The molecule has 0 aliphatic heterocycles. The summed E-state index contributed by atoms with van der Waals surface area (Å²) in [6.45, 7) is 1.99. The number of aryl methyl sites for hydroxylation is 1. The molecular weight excluding hydrogens is 350 g/mol. The van der Waals surface area contributed by atoms with Gasteiger partial charge >= 0.3 is 0 Å². The Hall–Kier alpha value is -1.32. The first kappa shape index (κ1) is 14.6. The summed E-state index contributed by atoms with van der Waals surface area (Å²) in [6, 6.07) is 13.6. The van der Waals surface area contributed by atoms with Gasteiger partial charge in [0.25, 0.3) is 5.91 Å². The van der Waals surface area contributed by atoms with E-state index in [-0.39, 0.29) is 17.3 Å². The normalized spacial score (nSPS) is 20.1. The number of fused-ring (bicyclic) bond motifs is 1. The first-order valence-electron chi connectivity index (χ1n) is 6.85. The number of carbonyl (C=O) groups is 1. The van der Waals surface area contributed by atoms with E-state index in [0.29, 0.717) is 5.56 Å². The first-order valence-corrected chi connectivity index (χ1v) is 8.08. The molecule has 2 aromatic rings. The highest BCUT2D eigenvalue weighted by Gasteiger charge is 2.32. The molecule has 2 nitrogen and oxygen atoms in total. The summed E-state index contributed by atoms with van der Waals surface area (Å²) in [5.74, 6) is -0.0944. The lowest BCUT2D eigenvalue weighted by molar-refractivity contribution is 0.0937. The Kier molecular flexibility index (Phi) is 4.05. The van der Waals surface area contributed by atoms with Crippen LogP contribution in [0.1, 0.15) is 33.1 Å².